The number of hydrogen-bond donors (Lipinski definition) is 1. The summed E-state index contributed by atoms with van der Waals surface area (Å²) in [7, 11) is 0. The molecule has 50 heavy (non-hydrogen) atoms. The first kappa shape index (κ1) is 20.4. The van der Waals surface area contributed by atoms with E-state index in [-0.39, 0.29) is 39.8 Å². The van der Waals surface area contributed by atoms with Crippen LogP contribution in [0.15, 0.2) is 170 Å². The Hall–Kier alpha value is -6.99. The smallest absolute Gasteiger partial charge is 0.300 e. The number of aromatic hydroxyl groups is 1. The highest BCUT2D eigenvalue weighted by Gasteiger charge is 2.20. The fourth-order valence-corrected chi connectivity index (χ4v) is 6.01. The van der Waals surface area contributed by atoms with Crippen LogP contribution >= 0.6 is 0 Å². The van der Waals surface area contributed by atoms with Crippen LogP contribution in [0.3, 0.4) is 0 Å². The van der Waals surface area contributed by atoms with Gasteiger partial charge in [-0.3, -0.25) is 9.13 Å². The summed E-state index contributed by atoms with van der Waals surface area (Å²) in [5.41, 5.74) is 3.11. The molecule has 7 heteroatoms. The number of benzene rings is 6. The van der Waals surface area contributed by atoms with Crippen LogP contribution in [0.1, 0.15) is 13.7 Å². The molecule has 0 aliphatic carbocycles. The standard InChI is InChI=1S/C43H29N5O2/c49-43-44-36-22-7-8-23-37(36)48(43)40-26-13-27-41(45-40)50-33-19-11-18-32(28-33)46-29-47(39-25-10-9-24-38(39)46)42-34(30-14-3-1-4-15-30)20-12-21-35(42)31-16-5-2-6-17-31/h1-28H,(H,44,49)/i1D,2D,3D,4D,5D,6D,14D,15D,16D,17D. The van der Waals surface area contributed by atoms with Crippen molar-refractivity contribution in [3.63, 3.8) is 0 Å². The van der Waals surface area contributed by atoms with Gasteiger partial charge in [-0.1, -0.05) is 127 Å². The zero-order valence-electron chi connectivity index (χ0n) is 36.0. The summed E-state index contributed by atoms with van der Waals surface area (Å²) in [6, 6.07) is 25.8. The molecular formula is C43H29N5O2. The minimum Gasteiger partial charge on any atom is -0.480 e. The van der Waals surface area contributed by atoms with E-state index in [4.69, 9.17) is 18.4 Å². The summed E-state index contributed by atoms with van der Waals surface area (Å²) >= 11 is 0. The SMILES string of the molecule is [2H]c1c([2H])c([2H])c(-c2cccc(-c3c([2H])c([2H])c([2H])c([2H])c3[2H])c2-[n+]2[c-]n(-c3cccc(Oc4cccc(-n5c(O)nc6ccccc65)n4)c3)c3ccccc32)c([2H])c1[2H]. The zero-order valence-corrected chi connectivity index (χ0v) is 26.0. The van der Waals surface area contributed by atoms with Gasteiger partial charge < -0.3 is 9.84 Å². The summed E-state index contributed by atoms with van der Waals surface area (Å²) in [4.78, 5) is 8.87. The molecule has 0 spiro atoms. The molecule has 3 aromatic heterocycles. The first-order chi connectivity index (χ1) is 28.8. The average Bonchev–Trinajstić information content (AvgIpc) is 3.81. The van der Waals surface area contributed by atoms with Crippen LogP contribution in [0.2, 0.25) is 0 Å². The fraction of sp³-hybridized carbons (Fsp3) is 0. The van der Waals surface area contributed by atoms with Crippen molar-refractivity contribution < 1.29 is 28.1 Å². The van der Waals surface area contributed by atoms with Crippen LogP contribution in [0.25, 0.3) is 61.5 Å². The summed E-state index contributed by atoms with van der Waals surface area (Å²) in [6.07, 6.45) is 3.36. The summed E-state index contributed by atoms with van der Waals surface area (Å²) in [5.74, 6) is 1.01. The van der Waals surface area contributed by atoms with Crippen molar-refractivity contribution >= 4 is 22.1 Å². The number of imidazole rings is 2. The van der Waals surface area contributed by atoms with E-state index in [1.807, 2.05) is 36.4 Å². The highest BCUT2D eigenvalue weighted by atomic mass is 16.5. The quantitative estimate of drug-likeness (QED) is 0.137. The van der Waals surface area contributed by atoms with Gasteiger partial charge in [-0.05, 0) is 58.7 Å². The van der Waals surface area contributed by atoms with Gasteiger partial charge in [0.05, 0.1) is 47.1 Å². The van der Waals surface area contributed by atoms with E-state index in [0.717, 1.165) is 0 Å². The Kier molecular flexibility index (Phi) is 4.99. The van der Waals surface area contributed by atoms with Crippen molar-refractivity contribution in [3.8, 4) is 57.1 Å². The van der Waals surface area contributed by atoms with Gasteiger partial charge in [-0.25, -0.2) is 4.57 Å². The topological polar surface area (TPSA) is 69.0 Å². The minimum atomic E-state index is -0.578. The first-order valence-corrected chi connectivity index (χ1v) is 15.5. The fourth-order valence-electron chi connectivity index (χ4n) is 6.01. The van der Waals surface area contributed by atoms with Crippen molar-refractivity contribution in [2.45, 2.75) is 0 Å². The number of ether oxygens (including phenoxy) is 1. The van der Waals surface area contributed by atoms with E-state index in [0.29, 0.717) is 39.3 Å². The zero-order chi connectivity index (χ0) is 42.1. The number of nitrogens with zero attached hydrogens (tertiary/aromatic N) is 5. The monoisotopic (exact) mass is 657 g/mol. The maximum absolute atomic E-state index is 10.7. The molecule has 0 saturated heterocycles. The molecule has 0 aliphatic heterocycles. The van der Waals surface area contributed by atoms with Gasteiger partial charge in [0.2, 0.25) is 5.88 Å². The van der Waals surface area contributed by atoms with Gasteiger partial charge in [-0.2, -0.15) is 9.97 Å². The van der Waals surface area contributed by atoms with Crippen molar-refractivity contribution in [2.24, 2.45) is 0 Å². The molecule has 0 bridgehead atoms. The van der Waals surface area contributed by atoms with Crippen LogP contribution in [-0.2, 0) is 0 Å². The number of pyridine rings is 1. The summed E-state index contributed by atoms with van der Waals surface area (Å²) < 4.78 is 97.1. The molecule has 1 N–H and O–H groups in total. The largest absolute Gasteiger partial charge is 0.480 e. The molecule has 0 amide bonds. The Labute approximate surface area is 302 Å². The lowest BCUT2D eigenvalue weighted by atomic mass is 9.95. The van der Waals surface area contributed by atoms with Crippen molar-refractivity contribution in [1.82, 2.24) is 19.1 Å². The number of aromatic nitrogens is 5. The van der Waals surface area contributed by atoms with Crippen LogP contribution in [0.5, 0.6) is 17.6 Å². The average molecular weight is 658 g/mol. The van der Waals surface area contributed by atoms with Gasteiger partial charge >= 0.3 is 6.01 Å². The Balaban J connectivity index is 1.23. The van der Waals surface area contributed by atoms with Gasteiger partial charge in [-0.15, -0.1) is 0 Å². The first-order valence-electron chi connectivity index (χ1n) is 20.5. The lowest BCUT2D eigenvalue weighted by molar-refractivity contribution is -0.571. The van der Waals surface area contributed by atoms with E-state index >= 15 is 0 Å². The third-order valence-corrected chi connectivity index (χ3v) is 8.14. The van der Waals surface area contributed by atoms with Crippen LogP contribution in [0.4, 0.5) is 0 Å². The second-order valence-corrected chi connectivity index (χ2v) is 11.1. The predicted molar refractivity (Wildman–Crippen MR) is 195 cm³/mol. The molecule has 9 rings (SSSR count). The maximum Gasteiger partial charge on any atom is 0.300 e. The second kappa shape index (κ2) is 12.2. The number of fused-ring (bicyclic) bond motifs is 2. The van der Waals surface area contributed by atoms with E-state index < -0.39 is 60.4 Å². The molecule has 3 heterocycles. The lowest BCUT2D eigenvalue weighted by Gasteiger charge is -2.17. The van der Waals surface area contributed by atoms with Crippen molar-refractivity contribution in [1.29, 1.82) is 0 Å². The summed E-state index contributed by atoms with van der Waals surface area (Å²) in [6.45, 7) is 0. The van der Waals surface area contributed by atoms with Crippen molar-refractivity contribution in [2.75, 3.05) is 0 Å². The van der Waals surface area contributed by atoms with Crippen molar-refractivity contribution in [3.05, 3.63) is 176 Å². The van der Waals surface area contributed by atoms with Gasteiger partial charge in [0, 0.05) is 6.07 Å². The molecule has 0 saturated carbocycles. The second-order valence-electron chi connectivity index (χ2n) is 11.1. The Morgan fingerprint density at radius 1 is 0.660 bits per heavy atom. The molecular weight excluding hydrogens is 619 g/mol. The molecule has 0 radical (unpaired) electrons. The summed E-state index contributed by atoms with van der Waals surface area (Å²) in [5, 5.41) is 10.7. The molecule has 238 valence electrons. The van der Waals surface area contributed by atoms with E-state index in [2.05, 4.69) is 16.3 Å². The predicted octanol–water partition coefficient (Wildman–Crippen LogP) is 9.27. The minimum absolute atomic E-state index is 0.139. The normalized spacial score (nSPS) is 14.1. The Morgan fingerprint density at radius 2 is 1.32 bits per heavy atom. The van der Waals surface area contributed by atoms with Crippen LogP contribution in [0, 0.1) is 6.33 Å². The van der Waals surface area contributed by atoms with E-state index in [9.17, 15) is 5.11 Å². The molecule has 0 fully saturated rings. The molecule has 0 unspecified atom stereocenters. The van der Waals surface area contributed by atoms with E-state index in [1.165, 1.54) is 4.57 Å². The van der Waals surface area contributed by atoms with E-state index in [1.54, 1.807) is 81.9 Å². The highest BCUT2D eigenvalue weighted by Crippen LogP contribution is 2.35. The third kappa shape index (κ3) is 5.14. The molecule has 7 nitrogen and oxygen atoms in total. The molecule has 9 aromatic rings. The molecule has 6 aromatic carbocycles. The maximum atomic E-state index is 10.7. The third-order valence-electron chi connectivity index (χ3n) is 8.14. The number of para-hydroxylation sites is 5. The van der Waals surface area contributed by atoms with Crippen LogP contribution in [-0.4, -0.2) is 24.2 Å². The van der Waals surface area contributed by atoms with Gasteiger partial charge in [0.25, 0.3) is 6.33 Å². The van der Waals surface area contributed by atoms with Crippen LogP contribution < -0.4 is 9.30 Å². The Bertz CT molecular complexity index is 3090. The highest BCUT2D eigenvalue weighted by molar-refractivity contribution is 5.84. The van der Waals surface area contributed by atoms with Gasteiger partial charge in [0.1, 0.15) is 11.6 Å². The molecule has 0 aliphatic rings. The number of hydrogen-bond acceptors (Lipinski definition) is 4. The number of rotatable bonds is 7. The van der Waals surface area contributed by atoms with Gasteiger partial charge in [0.15, 0.2) is 0 Å². The Morgan fingerprint density at radius 3 is 2.08 bits per heavy atom. The molecule has 0 atom stereocenters. The lowest BCUT2D eigenvalue weighted by Crippen LogP contribution is -2.31.